The zero-order valence-corrected chi connectivity index (χ0v) is 15.1. The lowest BCUT2D eigenvalue weighted by atomic mass is 9.77. The fourth-order valence-electron chi connectivity index (χ4n) is 4.25. The van der Waals surface area contributed by atoms with E-state index in [1.54, 1.807) is 0 Å². The predicted octanol–water partition coefficient (Wildman–Crippen LogP) is 5.87. The first kappa shape index (κ1) is 15.7. The topological polar surface area (TPSA) is 15.6 Å². The number of para-hydroxylation sites is 1. The number of hydrazone groups is 1. The van der Waals surface area contributed by atoms with Crippen molar-refractivity contribution in [2.45, 2.75) is 18.9 Å². The fourth-order valence-corrected chi connectivity index (χ4v) is 4.38. The van der Waals surface area contributed by atoms with E-state index < -0.39 is 0 Å². The monoisotopic (exact) mass is 358 g/mol. The fraction of sp³-hybridized carbons (Fsp3) is 0.174. The molecular weight excluding hydrogens is 340 g/mol. The van der Waals surface area contributed by atoms with Crippen LogP contribution in [0.3, 0.4) is 0 Å². The second kappa shape index (κ2) is 6.30. The third-order valence-electron chi connectivity index (χ3n) is 5.46. The Morgan fingerprint density at radius 1 is 0.846 bits per heavy atom. The minimum Gasteiger partial charge on any atom is -0.257 e. The number of rotatable bonds is 2. The van der Waals surface area contributed by atoms with Gasteiger partial charge in [-0.25, -0.2) is 0 Å². The van der Waals surface area contributed by atoms with Crippen molar-refractivity contribution in [2.75, 3.05) is 5.01 Å². The summed E-state index contributed by atoms with van der Waals surface area (Å²) in [5, 5.41) is 8.09. The summed E-state index contributed by atoms with van der Waals surface area (Å²) in [6.45, 7) is 0. The van der Waals surface area contributed by atoms with Gasteiger partial charge >= 0.3 is 0 Å². The maximum absolute atomic E-state index is 6.13. The van der Waals surface area contributed by atoms with Crippen molar-refractivity contribution < 1.29 is 0 Å². The molecule has 0 unspecified atom stereocenters. The van der Waals surface area contributed by atoms with E-state index >= 15 is 0 Å². The second-order valence-corrected chi connectivity index (χ2v) is 7.40. The molecule has 0 saturated heterocycles. The van der Waals surface area contributed by atoms with Gasteiger partial charge in [0, 0.05) is 16.5 Å². The maximum atomic E-state index is 6.13. The van der Waals surface area contributed by atoms with Crippen molar-refractivity contribution in [2.24, 2.45) is 11.0 Å². The predicted molar refractivity (Wildman–Crippen MR) is 108 cm³/mol. The van der Waals surface area contributed by atoms with Crippen LogP contribution in [-0.2, 0) is 6.42 Å². The van der Waals surface area contributed by atoms with Crippen molar-refractivity contribution in [3.63, 3.8) is 0 Å². The maximum Gasteiger partial charge on any atom is 0.0860 e. The standard InChI is InChI=1S/C23H19ClN2/c24-18-13-10-17(11-14-18)23-21-15-12-16-6-4-5-9-20(16)22(21)25-26(23)19-7-2-1-3-8-19/h1-11,13-14,21,23H,12,15H2/t21-,23-/m1/s1. The third kappa shape index (κ3) is 2.53. The molecule has 1 heterocycles. The van der Waals surface area contributed by atoms with Gasteiger partial charge in [-0.3, -0.25) is 5.01 Å². The Labute approximate surface area is 158 Å². The molecule has 0 spiro atoms. The Balaban J connectivity index is 1.65. The molecule has 2 atom stereocenters. The molecule has 2 nitrogen and oxygen atoms in total. The molecule has 3 aromatic carbocycles. The van der Waals surface area contributed by atoms with Crippen LogP contribution in [0.4, 0.5) is 5.69 Å². The Hall–Kier alpha value is -2.58. The highest BCUT2D eigenvalue weighted by atomic mass is 35.5. The highest BCUT2D eigenvalue weighted by molar-refractivity contribution is 6.30. The van der Waals surface area contributed by atoms with E-state index in [9.17, 15) is 0 Å². The van der Waals surface area contributed by atoms with Crippen molar-refractivity contribution >= 4 is 23.0 Å². The smallest absolute Gasteiger partial charge is 0.0860 e. The van der Waals surface area contributed by atoms with Crippen molar-refractivity contribution in [1.82, 2.24) is 0 Å². The number of halogens is 1. The summed E-state index contributed by atoms with van der Waals surface area (Å²) in [4.78, 5) is 0. The quantitative estimate of drug-likeness (QED) is 0.559. The molecule has 0 bridgehead atoms. The summed E-state index contributed by atoms with van der Waals surface area (Å²) in [5.74, 6) is 0.395. The molecule has 1 aliphatic carbocycles. The number of hydrogen-bond acceptors (Lipinski definition) is 2. The van der Waals surface area contributed by atoms with Crippen molar-refractivity contribution in [3.8, 4) is 0 Å². The highest BCUT2D eigenvalue weighted by Crippen LogP contribution is 2.45. The molecule has 0 amide bonds. The molecule has 128 valence electrons. The summed E-state index contributed by atoms with van der Waals surface area (Å²) in [6.07, 6.45) is 2.22. The summed E-state index contributed by atoms with van der Waals surface area (Å²) >= 11 is 6.13. The van der Waals surface area contributed by atoms with Crippen LogP contribution in [-0.4, -0.2) is 5.71 Å². The Morgan fingerprint density at radius 3 is 2.38 bits per heavy atom. The molecule has 0 N–H and O–H groups in total. The number of nitrogens with zero attached hydrogens (tertiary/aromatic N) is 2. The molecule has 26 heavy (non-hydrogen) atoms. The molecule has 0 aromatic heterocycles. The van der Waals surface area contributed by atoms with E-state index in [2.05, 4.69) is 65.7 Å². The van der Waals surface area contributed by atoms with Gasteiger partial charge < -0.3 is 0 Å². The number of anilines is 1. The second-order valence-electron chi connectivity index (χ2n) is 6.96. The van der Waals surface area contributed by atoms with Crippen LogP contribution in [0.1, 0.15) is 29.2 Å². The van der Waals surface area contributed by atoms with Crippen LogP contribution in [0, 0.1) is 5.92 Å². The molecule has 0 saturated carbocycles. The Bertz CT molecular complexity index is 963. The molecule has 2 aliphatic rings. The van der Waals surface area contributed by atoms with Crippen molar-refractivity contribution in [3.05, 3.63) is 101 Å². The van der Waals surface area contributed by atoms with E-state index in [1.807, 2.05) is 18.2 Å². The van der Waals surface area contributed by atoms with E-state index in [1.165, 1.54) is 22.4 Å². The van der Waals surface area contributed by atoms with E-state index in [0.29, 0.717) is 5.92 Å². The van der Waals surface area contributed by atoms with Gasteiger partial charge in [-0.15, -0.1) is 0 Å². The van der Waals surface area contributed by atoms with Crippen LogP contribution >= 0.6 is 11.6 Å². The first-order chi connectivity index (χ1) is 12.8. The normalized spacial score (nSPS) is 21.1. The largest absolute Gasteiger partial charge is 0.257 e. The van der Waals surface area contributed by atoms with Gasteiger partial charge in [-0.05, 0) is 48.2 Å². The lowest BCUT2D eigenvalue weighted by Gasteiger charge is -2.30. The molecule has 3 aromatic rings. The highest BCUT2D eigenvalue weighted by Gasteiger charge is 2.41. The van der Waals surface area contributed by atoms with Crippen LogP contribution in [0.25, 0.3) is 0 Å². The average molecular weight is 359 g/mol. The zero-order valence-electron chi connectivity index (χ0n) is 14.3. The van der Waals surface area contributed by atoms with E-state index in [0.717, 1.165) is 23.6 Å². The zero-order chi connectivity index (χ0) is 17.5. The SMILES string of the molecule is Clc1ccc([C@@H]2[C@@H]3CCc4ccccc4C3=NN2c2ccccc2)cc1. The summed E-state index contributed by atoms with van der Waals surface area (Å²) < 4.78 is 0. The minimum atomic E-state index is 0.207. The first-order valence-electron chi connectivity index (χ1n) is 9.08. The molecule has 5 rings (SSSR count). The van der Waals surface area contributed by atoms with Gasteiger partial charge in [0.25, 0.3) is 0 Å². The molecule has 0 fully saturated rings. The Morgan fingerprint density at radius 2 is 1.58 bits per heavy atom. The van der Waals surface area contributed by atoms with E-state index in [-0.39, 0.29) is 6.04 Å². The summed E-state index contributed by atoms with van der Waals surface area (Å²) in [5.41, 5.74) is 6.33. The summed E-state index contributed by atoms with van der Waals surface area (Å²) in [7, 11) is 0. The number of fused-ring (bicyclic) bond motifs is 3. The minimum absolute atomic E-state index is 0.207. The number of aryl methyl sites for hydroxylation is 1. The molecule has 1 aliphatic heterocycles. The molecule has 0 radical (unpaired) electrons. The van der Waals surface area contributed by atoms with Gasteiger partial charge in [0.05, 0.1) is 17.4 Å². The van der Waals surface area contributed by atoms with Crippen LogP contribution in [0.5, 0.6) is 0 Å². The molecule has 3 heteroatoms. The van der Waals surface area contributed by atoms with Gasteiger partial charge in [-0.2, -0.15) is 5.10 Å². The summed E-state index contributed by atoms with van der Waals surface area (Å²) in [6, 6.07) is 27.6. The van der Waals surface area contributed by atoms with Gasteiger partial charge in [0.15, 0.2) is 0 Å². The number of benzene rings is 3. The lowest BCUT2D eigenvalue weighted by Crippen LogP contribution is -2.28. The van der Waals surface area contributed by atoms with E-state index in [4.69, 9.17) is 16.7 Å². The molecular formula is C23H19ClN2. The van der Waals surface area contributed by atoms with Gasteiger partial charge in [0.1, 0.15) is 0 Å². The van der Waals surface area contributed by atoms with Crippen LogP contribution in [0.2, 0.25) is 5.02 Å². The van der Waals surface area contributed by atoms with Gasteiger partial charge in [0.2, 0.25) is 0 Å². The average Bonchev–Trinajstić information content (AvgIpc) is 3.09. The van der Waals surface area contributed by atoms with Crippen LogP contribution in [0.15, 0.2) is 84.0 Å². The Kier molecular flexibility index (Phi) is 3.79. The third-order valence-corrected chi connectivity index (χ3v) is 5.71. The van der Waals surface area contributed by atoms with Gasteiger partial charge in [-0.1, -0.05) is 66.2 Å². The van der Waals surface area contributed by atoms with Crippen LogP contribution < -0.4 is 5.01 Å². The van der Waals surface area contributed by atoms with Crippen molar-refractivity contribution in [1.29, 1.82) is 0 Å². The lowest BCUT2D eigenvalue weighted by molar-refractivity contribution is 0.510. The first-order valence-corrected chi connectivity index (χ1v) is 9.45. The number of hydrogen-bond donors (Lipinski definition) is 0.